The highest BCUT2D eigenvalue weighted by molar-refractivity contribution is 5.73. The molecule has 1 rings (SSSR count). The normalized spacial score (nSPS) is 9.54. The molecule has 9 heteroatoms. The minimum absolute atomic E-state index is 0.115. The van der Waals surface area contributed by atoms with Crippen molar-refractivity contribution in [1.29, 1.82) is 0 Å². The number of hydrogen-bond acceptors (Lipinski definition) is 4. The summed E-state index contributed by atoms with van der Waals surface area (Å²) in [5.41, 5.74) is -1.84. The van der Waals surface area contributed by atoms with Crippen LogP contribution < -0.4 is 22.5 Å². The van der Waals surface area contributed by atoms with Crippen LogP contribution in [0.2, 0.25) is 0 Å². The summed E-state index contributed by atoms with van der Waals surface area (Å²) in [6, 6.07) is 0. The third-order valence-corrected chi connectivity index (χ3v) is 1.05. The Hall–Kier alpha value is -2.32. The summed E-state index contributed by atoms with van der Waals surface area (Å²) in [6.07, 6.45) is -1.60. The molecule has 0 atom stereocenters. The lowest BCUT2D eigenvalue weighted by atomic mass is 11.0. The number of hydrogen-bond donors (Lipinski definition) is 4. The topological polar surface area (TPSA) is 137 Å². The molecule has 9 nitrogen and oxygen atoms in total. The first-order chi connectivity index (χ1) is 6.00. The Bertz CT molecular complexity index is 458. The standard InChI is InChI=1S/C4H4N4O5/c9-1-5-2(10)8(3(11)6-1)7-4(12)13/h7H,(H,12,13)(H2,5,6,9,10,11). The molecule has 4 N–H and O–H groups in total. The lowest BCUT2D eigenvalue weighted by Crippen LogP contribution is -2.48. The van der Waals surface area contributed by atoms with Gasteiger partial charge in [-0.25, -0.2) is 24.6 Å². The summed E-state index contributed by atoms with van der Waals surface area (Å²) >= 11 is 0. The van der Waals surface area contributed by atoms with Gasteiger partial charge in [0.05, 0.1) is 0 Å². The quantitative estimate of drug-likeness (QED) is 0.384. The molecule has 0 aromatic carbocycles. The minimum atomic E-state index is -1.60. The van der Waals surface area contributed by atoms with Gasteiger partial charge in [0.1, 0.15) is 0 Å². The molecular weight excluding hydrogens is 184 g/mol. The van der Waals surface area contributed by atoms with Gasteiger partial charge in [0.15, 0.2) is 0 Å². The van der Waals surface area contributed by atoms with Gasteiger partial charge in [-0.2, -0.15) is 0 Å². The van der Waals surface area contributed by atoms with Crippen LogP contribution in [0.5, 0.6) is 0 Å². The summed E-state index contributed by atoms with van der Waals surface area (Å²) in [4.78, 5) is 45.3. The van der Waals surface area contributed by atoms with Gasteiger partial charge in [0.2, 0.25) is 0 Å². The van der Waals surface area contributed by atoms with Crippen LogP contribution in [-0.4, -0.2) is 25.8 Å². The molecule has 0 fully saturated rings. The largest absolute Gasteiger partial charge is 0.464 e. The van der Waals surface area contributed by atoms with Crippen molar-refractivity contribution in [2.24, 2.45) is 0 Å². The average molecular weight is 188 g/mol. The van der Waals surface area contributed by atoms with E-state index in [1.54, 1.807) is 9.97 Å². The smallest absolute Gasteiger partial charge is 0.424 e. The fraction of sp³-hybridized carbons (Fsp3) is 0. The second-order valence-corrected chi connectivity index (χ2v) is 1.94. The summed E-state index contributed by atoms with van der Waals surface area (Å²) in [5, 5.41) is 8.17. The predicted molar refractivity (Wildman–Crippen MR) is 39.3 cm³/mol. The second kappa shape index (κ2) is 2.97. The van der Waals surface area contributed by atoms with E-state index in [1.165, 1.54) is 5.43 Å². The first-order valence-corrected chi connectivity index (χ1v) is 2.96. The molecule has 70 valence electrons. The fourth-order valence-electron chi connectivity index (χ4n) is 0.627. The lowest BCUT2D eigenvalue weighted by molar-refractivity contribution is 0.205. The summed E-state index contributed by atoms with van der Waals surface area (Å²) in [6.45, 7) is 0. The SMILES string of the molecule is O=C(O)Nn1c(=O)[nH]c(=O)[nH]c1=O. The van der Waals surface area contributed by atoms with E-state index in [4.69, 9.17) is 5.11 Å². The van der Waals surface area contributed by atoms with Crippen LogP contribution in [0.1, 0.15) is 0 Å². The van der Waals surface area contributed by atoms with Crippen LogP contribution in [0.3, 0.4) is 0 Å². The molecule has 0 spiro atoms. The molecule has 0 radical (unpaired) electrons. The van der Waals surface area contributed by atoms with Crippen molar-refractivity contribution < 1.29 is 9.90 Å². The highest BCUT2D eigenvalue weighted by Crippen LogP contribution is 1.59. The number of nitrogens with one attached hydrogen (secondary N) is 3. The highest BCUT2D eigenvalue weighted by Gasteiger charge is 2.04. The molecule has 1 aromatic rings. The van der Waals surface area contributed by atoms with E-state index in [-0.39, 0.29) is 4.68 Å². The number of H-pyrrole nitrogens is 2. The van der Waals surface area contributed by atoms with E-state index in [1.807, 2.05) is 0 Å². The molecule has 0 unspecified atom stereocenters. The van der Waals surface area contributed by atoms with Gasteiger partial charge in [-0.3, -0.25) is 9.97 Å². The van der Waals surface area contributed by atoms with Crippen molar-refractivity contribution in [3.8, 4) is 0 Å². The van der Waals surface area contributed by atoms with Crippen LogP contribution in [-0.2, 0) is 0 Å². The van der Waals surface area contributed by atoms with Gasteiger partial charge in [0, 0.05) is 0 Å². The second-order valence-electron chi connectivity index (χ2n) is 1.94. The number of amides is 1. The van der Waals surface area contributed by atoms with Crippen molar-refractivity contribution in [2.45, 2.75) is 0 Å². The molecule has 1 amide bonds. The zero-order chi connectivity index (χ0) is 10.0. The number of aromatic nitrogens is 3. The lowest BCUT2D eigenvalue weighted by Gasteiger charge is -1.99. The van der Waals surface area contributed by atoms with Crippen LogP contribution in [0.4, 0.5) is 4.79 Å². The van der Waals surface area contributed by atoms with Crippen molar-refractivity contribution in [2.75, 3.05) is 5.43 Å². The molecule has 0 saturated carbocycles. The Morgan fingerprint density at radius 3 is 2.08 bits per heavy atom. The zero-order valence-electron chi connectivity index (χ0n) is 6.03. The van der Waals surface area contributed by atoms with Crippen molar-refractivity contribution in [1.82, 2.24) is 14.6 Å². The predicted octanol–water partition coefficient (Wildman–Crippen LogP) is -2.55. The number of aromatic amines is 2. The Morgan fingerprint density at radius 1 is 1.23 bits per heavy atom. The molecule has 0 aliphatic rings. The fourth-order valence-corrected chi connectivity index (χ4v) is 0.627. The molecule has 0 saturated heterocycles. The van der Waals surface area contributed by atoms with Crippen LogP contribution in [0.15, 0.2) is 14.4 Å². The summed E-state index contributed by atoms with van der Waals surface area (Å²) in [5.74, 6) is 0. The zero-order valence-corrected chi connectivity index (χ0v) is 6.03. The third-order valence-electron chi connectivity index (χ3n) is 1.05. The molecule has 0 bridgehead atoms. The van der Waals surface area contributed by atoms with Crippen molar-refractivity contribution in [3.63, 3.8) is 0 Å². The Morgan fingerprint density at radius 2 is 1.69 bits per heavy atom. The molecule has 1 heterocycles. The van der Waals surface area contributed by atoms with Crippen molar-refractivity contribution in [3.05, 3.63) is 31.5 Å². The van der Waals surface area contributed by atoms with E-state index in [2.05, 4.69) is 0 Å². The first-order valence-electron chi connectivity index (χ1n) is 2.96. The highest BCUT2D eigenvalue weighted by atomic mass is 16.4. The van der Waals surface area contributed by atoms with E-state index >= 15 is 0 Å². The van der Waals surface area contributed by atoms with E-state index in [9.17, 15) is 19.2 Å². The van der Waals surface area contributed by atoms with Gasteiger partial charge in [0.25, 0.3) is 0 Å². The number of carbonyl (C=O) groups is 1. The maximum atomic E-state index is 10.8. The Balaban J connectivity index is 3.38. The van der Waals surface area contributed by atoms with E-state index in [0.29, 0.717) is 0 Å². The molecule has 1 aromatic heterocycles. The maximum Gasteiger partial charge on any atom is 0.424 e. The summed E-state index contributed by atoms with van der Waals surface area (Å²) in [7, 11) is 0. The first kappa shape index (κ1) is 8.77. The average Bonchev–Trinajstić information content (AvgIpc) is 1.96. The molecule has 0 aliphatic heterocycles. The number of rotatable bonds is 1. The van der Waals surface area contributed by atoms with Gasteiger partial charge in [-0.05, 0) is 0 Å². The number of carboxylic acid groups (broad SMARTS) is 1. The van der Waals surface area contributed by atoms with E-state index in [0.717, 1.165) is 0 Å². The number of nitrogens with zero attached hydrogens (tertiary/aromatic N) is 1. The van der Waals surface area contributed by atoms with Gasteiger partial charge >= 0.3 is 23.2 Å². The maximum absolute atomic E-state index is 10.8. The third kappa shape index (κ3) is 1.83. The van der Waals surface area contributed by atoms with E-state index < -0.39 is 23.2 Å². The molecule has 13 heavy (non-hydrogen) atoms. The van der Waals surface area contributed by atoms with Crippen molar-refractivity contribution >= 4 is 6.09 Å². The summed E-state index contributed by atoms with van der Waals surface area (Å²) < 4.78 is 0.115. The monoisotopic (exact) mass is 188 g/mol. The minimum Gasteiger partial charge on any atom is -0.464 e. The van der Waals surface area contributed by atoms with Gasteiger partial charge < -0.3 is 5.11 Å². The molecule has 0 aliphatic carbocycles. The molecular formula is C4H4N4O5. The van der Waals surface area contributed by atoms with Crippen LogP contribution in [0, 0.1) is 0 Å². The van der Waals surface area contributed by atoms with Gasteiger partial charge in [-0.15, -0.1) is 4.68 Å². The van der Waals surface area contributed by atoms with Gasteiger partial charge in [-0.1, -0.05) is 0 Å². The Kier molecular flexibility index (Phi) is 2.00. The van der Waals surface area contributed by atoms with Crippen LogP contribution in [0.25, 0.3) is 0 Å². The Labute approximate surface area is 68.6 Å². The van der Waals surface area contributed by atoms with Crippen LogP contribution >= 0.6 is 0 Å².